The number of hydrogen-bond donors (Lipinski definition) is 1. The summed E-state index contributed by atoms with van der Waals surface area (Å²) in [7, 11) is 3.41. The fraction of sp³-hybridized carbons (Fsp3) is 0.400. The molecule has 0 saturated heterocycles. The Morgan fingerprint density at radius 2 is 2.15 bits per heavy atom. The van der Waals surface area contributed by atoms with Crippen molar-refractivity contribution in [2.45, 2.75) is 37.9 Å². The summed E-state index contributed by atoms with van der Waals surface area (Å²) < 4.78 is 5.25. The third kappa shape index (κ3) is 4.73. The number of ether oxygens (including phenoxy) is 1. The van der Waals surface area contributed by atoms with Crippen LogP contribution < -0.4 is 4.74 Å². The van der Waals surface area contributed by atoms with Gasteiger partial charge in [-0.05, 0) is 18.2 Å². The summed E-state index contributed by atoms with van der Waals surface area (Å²) in [6, 6.07) is 9.64. The van der Waals surface area contributed by atoms with Crippen LogP contribution in [0.1, 0.15) is 31.4 Å². The molecule has 1 aliphatic heterocycles. The highest BCUT2D eigenvalue weighted by Gasteiger charge is 2.39. The molecule has 1 aromatic carbocycles. The van der Waals surface area contributed by atoms with Gasteiger partial charge in [0.05, 0.1) is 25.0 Å². The van der Waals surface area contributed by atoms with Gasteiger partial charge in [-0.2, -0.15) is 15.3 Å². The van der Waals surface area contributed by atoms with Gasteiger partial charge in [-0.25, -0.2) is 0 Å². The molecule has 1 amide bonds. The van der Waals surface area contributed by atoms with Crippen molar-refractivity contribution in [1.29, 1.82) is 0 Å². The lowest BCUT2D eigenvalue weighted by molar-refractivity contribution is -0.130. The number of carbonyl (C=O) groups excluding carboxylic acids is 1. The van der Waals surface area contributed by atoms with Crippen LogP contribution in [0.5, 0.6) is 5.75 Å². The SMILES string of the molecule is C#CCCC1(CCC(=O)N(C)Cc2cc(-c3cccc(OC)c3)n[nH]2)N=N1. The number of benzene rings is 1. The quantitative estimate of drug-likeness (QED) is 0.691. The smallest absolute Gasteiger partial charge is 0.222 e. The fourth-order valence-electron chi connectivity index (χ4n) is 2.88. The van der Waals surface area contributed by atoms with Crippen molar-refractivity contribution in [2.75, 3.05) is 14.2 Å². The van der Waals surface area contributed by atoms with Crippen LogP contribution in [-0.2, 0) is 11.3 Å². The van der Waals surface area contributed by atoms with Crippen LogP contribution in [0, 0.1) is 12.3 Å². The minimum Gasteiger partial charge on any atom is -0.497 e. The van der Waals surface area contributed by atoms with Gasteiger partial charge in [-0.1, -0.05) is 12.1 Å². The minimum absolute atomic E-state index is 0.0462. The predicted molar refractivity (Wildman–Crippen MR) is 102 cm³/mol. The van der Waals surface area contributed by atoms with Gasteiger partial charge in [0.25, 0.3) is 0 Å². The topological polar surface area (TPSA) is 82.9 Å². The number of nitrogens with zero attached hydrogens (tertiary/aromatic N) is 4. The zero-order chi connectivity index (χ0) is 19.3. The Morgan fingerprint density at radius 3 is 2.85 bits per heavy atom. The summed E-state index contributed by atoms with van der Waals surface area (Å²) in [6.45, 7) is 0.460. The van der Waals surface area contributed by atoms with Crippen molar-refractivity contribution < 1.29 is 9.53 Å². The summed E-state index contributed by atoms with van der Waals surface area (Å²) in [6.07, 6.45) is 7.63. The van der Waals surface area contributed by atoms with E-state index in [1.165, 1.54) is 0 Å². The lowest BCUT2D eigenvalue weighted by atomic mass is 10.0. The average Bonchev–Trinajstić information content (AvgIpc) is 3.32. The largest absolute Gasteiger partial charge is 0.497 e. The third-order valence-electron chi connectivity index (χ3n) is 4.62. The number of rotatable bonds is 9. The normalized spacial score (nSPS) is 13.8. The molecule has 0 bridgehead atoms. The van der Waals surface area contributed by atoms with Crippen LogP contribution in [0.2, 0.25) is 0 Å². The van der Waals surface area contributed by atoms with Crippen molar-refractivity contribution in [1.82, 2.24) is 15.1 Å². The van der Waals surface area contributed by atoms with E-state index in [0.717, 1.165) is 22.7 Å². The highest BCUT2D eigenvalue weighted by molar-refractivity contribution is 5.76. The number of hydrogen-bond acceptors (Lipinski definition) is 5. The van der Waals surface area contributed by atoms with Crippen molar-refractivity contribution in [3.05, 3.63) is 36.0 Å². The first kappa shape index (κ1) is 18.6. The Balaban J connectivity index is 1.53. The highest BCUT2D eigenvalue weighted by Crippen LogP contribution is 2.37. The van der Waals surface area contributed by atoms with Crippen LogP contribution in [0.4, 0.5) is 0 Å². The molecule has 7 heteroatoms. The number of carbonyl (C=O) groups is 1. The van der Waals surface area contributed by atoms with Crippen molar-refractivity contribution in [3.63, 3.8) is 0 Å². The Labute approximate surface area is 158 Å². The van der Waals surface area contributed by atoms with Gasteiger partial charge in [0.1, 0.15) is 5.75 Å². The van der Waals surface area contributed by atoms with E-state index >= 15 is 0 Å². The van der Waals surface area contributed by atoms with Crippen LogP contribution >= 0.6 is 0 Å². The van der Waals surface area contributed by atoms with Gasteiger partial charge in [-0.15, -0.1) is 12.3 Å². The molecule has 1 aliphatic rings. The number of H-pyrrole nitrogens is 1. The standard InChI is InChI=1S/C20H23N5O2/c1-4-5-10-20(23-24-20)11-9-19(26)25(2)14-16-13-18(22-21-16)15-7-6-8-17(12-15)27-3/h1,6-8,12-13H,5,9-11,14H2,2-3H3,(H,21,22). The van der Waals surface area contributed by atoms with Crippen LogP contribution in [0.25, 0.3) is 11.3 Å². The lowest BCUT2D eigenvalue weighted by Crippen LogP contribution is -2.27. The molecule has 7 nitrogen and oxygen atoms in total. The molecule has 2 heterocycles. The maximum absolute atomic E-state index is 12.4. The molecule has 0 spiro atoms. The first-order chi connectivity index (χ1) is 13.0. The molecule has 0 saturated carbocycles. The third-order valence-corrected chi connectivity index (χ3v) is 4.62. The number of nitrogens with one attached hydrogen (secondary N) is 1. The summed E-state index contributed by atoms with van der Waals surface area (Å²) in [5.74, 6) is 3.42. The molecule has 27 heavy (non-hydrogen) atoms. The summed E-state index contributed by atoms with van der Waals surface area (Å²) in [5.41, 5.74) is 2.22. The maximum Gasteiger partial charge on any atom is 0.222 e. The molecule has 0 unspecified atom stereocenters. The molecule has 0 fully saturated rings. The van der Waals surface area contributed by atoms with E-state index in [4.69, 9.17) is 11.2 Å². The number of aromatic nitrogens is 2. The Morgan fingerprint density at radius 1 is 1.33 bits per heavy atom. The van der Waals surface area contributed by atoms with E-state index in [1.54, 1.807) is 19.1 Å². The summed E-state index contributed by atoms with van der Waals surface area (Å²) in [4.78, 5) is 14.1. The molecule has 0 atom stereocenters. The van der Waals surface area contributed by atoms with Crippen molar-refractivity contribution >= 4 is 5.91 Å². The predicted octanol–water partition coefficient (Wildman–Crippen LogP) is 3.40. The van der Waals surface area contributed by atoms with Crippen molar-refractivity contribution in [2.24, 2.45) is 10.2 Å². The zero-order valence-electron chi connectivity index (χ0n) is 15.6. The summed E-state index contributed by atoms with van der Waals surface area (Å²) in [5, 5.41) is 15.5. The molecular weight excluding hydrogens is 342 g/mol. The fourth-order valence-corrected chi connectivity index (χ4v) is 2.88. The van der Waals surface area contributed by atoms with Crippen molar-refractivity contribution in [3.8, 4) is 29.4 Å². The molecule has 0 aliphatic carbocycles. The van der Waals surface area contributed by atoms with Crippen LogP contribution in [-0.4, -0.2) is 40.8 Å². The van der Waals surface area contributed by atoms with Gasteiger partial charge >= 0.3 is 0 Å². The highest BCUT2D eigenvalue weighted by atomic mass is 16.5. The van der Waals surface area contributed by atoms with Crippen LogP contribution in [0.3, 0.4) is 0 Å². The zero-order valence-corrected chi connectivity index (χ0v) is 15.6. The lowest BCUT2D eigenvalue weighted by Gasteiger charge is -2.17. The van der Waals surface area contributed by atoms with Gasteiger partial charge in [-0.3, -0.25) is 9.89 Å². The van der Waals surface area contributed by atoms with E-state index < -0.39 is 5.66 Å². The second-order valence-corrected chi connectivity index (χ2v) is 6.65. The second-order valence-electron chi connectivity index (χ2n) is 6.65. The molecule has 1 aromatic heterocycles. The van der Waals surface area contributed by atoms with Gasteiger partial charge in [0.2, 0.25) is 5.91 Å². The monoisotopic (exact) mass is 365 g/mol. The van der Waals surface area contributed by atoms with E-state index in [1.807, 2.05) is 30.3 Å². The van der Waals surface area contributed by atoms with E-state index in [-0.39, 0.29) is 5.91 Å². The molecular formula is C20H23N5O2. The number of terminal acetylenes is 1. The summed E-state index contributed by atoms with van der Waals surface area (Å²) >= 11 is 0. The van der Waals surface area contributed by atoms with E-state index in [0.29, 0.717) is 32.2 Å². The Kier molecular flexibility index (Phi) is 5.55. The van der Waals surface area contributed by atoms with E-state index in [2.05, 4.69) is 26.3 Å². The minimum atomic E-state index is -0.420. The Bertz CT molecular complexity index is 874. The van der Waals surface area contributed by atoms with Gasteiger partial charge in [0, 0.05) is 38.3 Å². The number of amides is 1. The molecule has 0 radical (unpaired) electrons. The molecule has 140 valence electrons. The van der Waals surface area contributed by atoms with Gasteiger partial charge in [0.15, 0.2) is 5.66 Å². The Hall–Kier alpha value is -3.14. The number of methoxy groups -OCH3 is 1. The first-order valence-electron chi connectivity index (χ1n) is 8.85. The molecule has 3 rings (SSSR count). The van der Waals surface area contributed by atoms with Gasteiger partial charge < -0.3 is 9.64 Å². The number of aromatic amines is 1. The molecule has 1 N–H and O–H groups in total. The average molecular weight is 365 g/mol. The molecule has 2 aromatic rings. The first-order valence-corrected chi connectivity index (χ1v) is 8.85. The second kappa shape index (κ2) is 8.04. The van der Waals surface area contributed by atoms with E-state index in [9.17, 15) is 4.79 Å². The maximum atomic E-state index is 12.4. The van der Waals surface area contributed by atoms with Crippen LogP contribution in [0.15, 0.2) is 40.6 Å².